The van der Waals surface area contributed by atoms with Crippen molar-refractivity contribution in [1.29, 1.82) is 0 Å². The summed E-state index contributed by atoms with van der Waals surface area (Å²) in [6.45, 7) is 2.08. The van der Waals surface area contributed by atoms with E-state index >= 15 is 0 Å². The number of nitrogens with zero attached hydrogens (tertiary/aromatic N) is 1. The van der Waals surface area contributed by atoms with E-state index < -0.39 is 0 Å². The summed E-state index contributed by atoms with van der Waals surface area (Å²) in [5, 5.41) is 16.2. The van der Waals surface area contributed by atoms with Crippen LogP contribution in [0.3, 0.4) is 0 Å². The van der Waals surface area contributed by atoms with Crippen molar-refractivity contribution in [2.75, 3.05) is 0 Å². The van der Waals surface area contributed by atoms with Gasteiger partial charge in [-0.05, 0) is 19.8 Å². The molecule has 0 radical (unpaired) electrons. The van der Waals surface area contributed by atoms with Gasteiger partial charge in [0.05, 0.1) is 12.3 Å². The van der Waals surface area contributed by atoms with Gasteiger partial charge < -0.3 is 5.11 Å². The molecule has 1 saturated carbocycles. The minimum atomic E-state index is 0.119. The van der Waals surface area contributed by atoms with Crippen LogP contribution in [0.15, 0.2) is 0 Å². The van der Waals surface area contributed by atoms with Crippen LogP contribution in [0.2, 0.25) is 0 Å². The molecule has 1 aromatic heterocycles. The molecule has 0 aliphatic heterocycles. The maximum Gasteiger partial charge on any atom is 0.0718 e. The fraction of sp³-hybridized carbons (Fsp3) is 0.667. The van der Waals surface area contributed by atoms with Gasteiger partial charge in [0.1, 0.15) is 0 Å². The number of aromatic nitrogens is 2. The van der Waals surface area contributed by atoms with Crippen LogP contribution in [0.5, 0.6) is 0 Å². The highest BCUT2D eigenvalue weighted by Gasteiger charge is 2.25. The van der Waals surface area contributed by atoms with Crippen molar-refractivity contribution in [3.8, 4) is 0 Å². The van der Waals surface area contributed by atoms with E-state index in [1.54, 1.807) is 0 Å². The zero-order chi connectivity index (χ0) is 8.55. The zero-order valence-electron chi connectivity index (χ0n) is 7.30. The lowest BCUT2D eigenvalue weighted by Crippen LogP contribution is -2.11. The van der Waals surface area contributed by atoms with Crippen LogP contribution in [-0.2, 0) is 6.61 Å². The average molecular weight is 166 g/mol. The number of aliphatic hydroxyl groups excluding tert-OH is 1. The number of hydrogen-bond donors (Lipinski definition) is 2. The molecular formula is C9H14N2O. The third-order valence-electron chi connectivity index (χ3n) is 2.76. The van der Waals surface area contributed by atoms with Gasteiger partial charge in [-0.2, -0.15) is 5.10 Å². The Balaban J connectivity index is 2.29. The van der Waals surface area contributed by atoms with Gasteiger partial charge in [0.15, 0.2) is 0 Å². The molecule has 0 atom stereocenters. The Labute approximate surface area is 71.8 Å². The molecule has 0 saturated heterocycles. The third-order valence-corrected chi connectivity index (χ3v) is 2.76. The van der Waals surface area contributed by atoms with Crippen molar-refractivity contribution in [3.63, 3.8) is 0 Å². The average Bonchev–Trinajstić information content (AvgIpc) is 2.29. The van der Waals surface area contributed by atoms with Gasteiger partial charge in [-0.3, -0.25) is 5.10 Å². The Morgan fingerprint density at radius 3 is 2.83 bits per heavy atom. The standard InChI is InChI=1S/C9H14N2O/c1-6-8(5-12)9(11-10-6)7-3-2-4-7/h7,12H,2-5H2,1H3,(H,10,11). The molecule has 3 heteroatoms. The summed E-state index contributed by atoms with van der Waals surface area (Å²) in [6.07, 6.45) is 3.77. The molecule has 1 aliphatic rings. The van der Waals surface area contributed by atoms with Gasteiger partial charge in [0.25, 0.3) is 0 Å². The van der Waals surface area contributed by atoms with E-state index in [4.69, 9.17) is 5.11 Å². The third kappa shape index (κ3) is 1.05. The molecule has 0 amide bonds. The van der Waals surface area contributed by atoms with Gasteiger partial charge in [0, 0.05) is 17.2 Å². The predicted octanol–water partition coefficient (Wildman–Crippen LogP) is 1.48. The van der Waals surface area contributed by atoms with Gasteiger partial charge in [-0.15, -0.1) is 0 Å². The lowest BCUT2D eigenvalue weighted by Gasteiger charge is -2.24. The Morgan fingerprint density at radius 2 is 2.33 bits per heavy atom. The summed E-state index contributed by atoms with van der Waals surface area (Å²) < 4.78 is 0. The molecule has 2 rings (SSSR count). The van der Waals surface area contributed by atoms with Gasteiger partial charge >= 0.3 is 0 Å². The van der Waals surface area contributed by atoms with Crippen LogP contribution in [-0.4, -0.2) is 15.3 Å². The first-order valence-electron chi connectivity index (χ1n) is 4.47. The SMILES string of the molecule is Cc1[nH]nc(C2CCC2)c1CO. The molecule has 0 aromatic carbocycles. The number of rotatable bonds is 2. The first-order chi connectivity index (χ1) is 5.83. The molecule has 1 fully saturated rings. The zero-order valence-corrected chi connectivity index (χ0v) is 7.30. The van der Waals surface area contributed by atoms with Gasteiger partial charge in [-0.1, -0.05) is 6.42 Å². The predicted molar refractivity (Wildman–Crippen MR) is 45.8 cm³/mol. The highest BCUT2D eigenvalue weighted by atomic mass is 16.3. The monoisotopic (exact) mass is 166 g/mol. The normalized spacial score (nSPS) is 17.8. The van der Waals surface area contributed by atoms with Crippen molar-refractivity contribution < 1.29 is 5.11 Å². The second-order valence-corrected chi connectivity index (χ2v) is 3.50. The van der Waals surface area contributed by atoms with Crippen LogP contribution in [0, 0.1) is 6.92 Å². The van der Waals surface area contributed by atoms with Crippen LogP contribution in [0.1, 0.15) is 42.1 Å². The van der Waals surface area contributed by atoms with Crippen LogP contribution < -0.4 is 0 Å². The summed E-state index contributed by atoms with van der Waals surface area (Å²) in [4.78, 5) is 0. The summed E-state index contributed by atoms with van der Waals surface area (Å²) in [7, 11) is 0. The highest BCUT2D eigenvalue weighted by molar-refractivity contribution is 5.27. The fourth-order valence-corrected chi connectivity index (χ4v) is 1.69. The maximum atomic E-state index is 9.10. The smallest absolute Gasteiger partial charge is 0.0718 e. The second-order valence-electron chi connectivity index (χ2n) is 3.50. The molecular weight excluding hydrogens is 152 g/mol. The first-order valence-corrected chi connectivity index (χ1v) is 4.47. The van der Waals surface area contributed by atoms with E-state index in [0.29, 0.717) is 5.92 Å². The number of aliphatic hydroxyl groups is 1. The van der Waals surface area contributed by atoms with E-state index in [-0.39, 0.29) is 6.61 Å². The van der Waals surface area contributed by atoms with Crippen molar-refractivity contribution in [1.82, 2.24) is 10.2 Å². The Bertz CT molecular complexity index is 276. The lowest BCUT2D eigenvalue weighted by atomic mass is 9.81. The van der Waals surface area contributed by atoms with Crippen LogP contribution in [0.25, 0.3) is 0 Å². The molecule has 0 spiro atoms. The molecule has 3 nitrogen and oxygen atoms in total. The van der Waals surface area contributed by atoms with Crippen molar-refractivity contribution in [2.24, 2.45) is 0 Å². The molecule has 0 unspecified atom stereocenters. The Morgan fingerprint density at radius 1 is 1.58 bits per heavy atom. The fourth-order valence-electron chi connectivity index (χ4n) is 1.69. The summed E-state index contributed by atoms with van der Waals surface area (Å²) in [6, 6.07) is 0. The highest BCUT2D eigenvalue weighted by Crippen LogP contribution is 2.37. The Kier molecular flexibility index (Phi) is 1.89. The number of aromatic amines is 1. The molecule has 12 heavy (non-hydrogen) atoms. The van der Waals surface area contributed by atoms with E-state index in [2.05, 4.69) is 10.2 Å². The molecule has 0 bridgehead atoms. The number of hydrogen-bond acceptors (Lipinski definition) is 2. The molecule has 1 aromatic rings. The maximum absolute atomic E-state index is 9.10. The van der Waals surface area contributed by atoms with E-state index in [1.165, 1.54) is 19.3 Å². The Hall–Kier alpha value is -0.830. The largest absolute Gasteiger partial charge is 0.392 e. The minimum Gasteiger partial charge on any atom is -0.392 e. The van der Waals surface area contributed by atoms with Crippen LogP contribution >= 0.6 is 0 Å². The first kappa shape index (κ1) is 7.80. The molecule has 2 N–H and O–H groups in total. The summed E-state index contributed by atoms with van der Waals surface area (Å²) in [5.41, 5.74) is 3.13. The minimum absolute atomic E-state index is 0.119. The van der Waals surface area contributed by atoms with Gasteiger partial charge in [0.2, 0.25) is 0 Å². The molecule has 66 valence electrons. The second kappa shape index (κ2) is 2.90. The number of nitrogens with one attached hydrogen (secondary N) is 1. The van der Waals surface area contributed by atoms with Crippen LogP contribution in [0.4, 0.5) is 0 Å². The van der Waals surface area contributed by atoms with E-state index in [0.717, 1.165) is 17.0 Å². The number of H-pyrrole nitrogens is 1. The molecule has 1 aliphatic carbocycles. The summed E-state index contributed by atoms with van der Waals surface area (Å²) in [5.74, 6) is 0.608. The van der Waals surface area contributed by atoms with E-state index in [9.17, 15) is 0 Å². The van der Waals surface area contributed by atoms with Crippen molar-refractivity contribution in [2.45, 2.75) is 38.7 Å². The summed E-state index contributed by atoms with van der Waals surface area (Å²) >= 11 is 0. The number of aryl methyl sites for hydroxylation is 1. The van der Waals surface area contributed by atoms with E-state index in [1.807, 2.05) is 6.92 Å². The van der Waals surface area contributed by atoms with Gasteiger partial charge in [-0.25, -0.2) is 0 Å². The quantitative estimate of drug-likeness (QED) is 0.699. The topological polar surface area (TPSA) is 48.9 Å². The lowest BCUT2D eigenvalue weighted by molar-refractivity contribution is 0.276. The van der Waals surface area contributed by atoms with Crippen molar-refractivity contribution in [3.05, 3.63) is 17.0 Å². The molecule has 1 heterocycles. The van der Waals surface area contributed by atoms with Crippen molar-refractivity contribution >= 4 is 0 Å².